The number of phosphoric acid groups is 1. The van der Waals surface area contributed by atoms with Crippen molar-refractivity contribution in [1.82, 2.24) is 0 Å². The third-order valence-electron chi connectivity index (χ3n) is 10.4. The molecule has 9 nitrogen and oxygen atoms in total. The molecule has 40 heavy (non-hydrogen) atoms. The zero-order chi connectivity index (χ0) is 29.3. The number of ether oxygens (including phenoxy) is 2. The average molecular weight is 591 g/mol. The van der Waals surface area contributed by atoms with Crippen molar-refractivity contribution in [3.05, 3.63) is 11.6 Å². The van der Waals surface area contributed by atoms with Crippen molar-refractivity contribution in [3.63, 3.8) is 0 Å². The van der Waals surface area contributed by atoms with Crippen LogP contribution < -0.4 is 0 Å². The van der Waals surface area contributed by atoms with Crippen molar-refractivity contribution in [2.75, 3.05) is 13.2 Å². The lowest BCUT2D eigenvalue weighted by molar-refractivity contribution is -0.246. The number of phosphoric ester groups is 1. The van der Waals surface area contributed by atoms with E-state index in [2.05, 4.69) is 0 Å². The molecular weight excluding hydrogens is 549 g/mol. The number of aliphatic hydroxyl groups excluding tert-OH is 1. The van der Waals surface area contributed by atoms with E-state index in [1.54, 1.807) is 27.7 Å². The highest BCUT2D eigenvalue weighted by Crippen LogP contribution is 2.73. The molecule has 0 aromatic rings. The summed E-state index contributed by atoms with van der Waals surface area (Å²) in [6, 6.07) is 0. The quantitative estimate of drug-likeness (QED) is 0.383. The van der Waals surface area contributed by atoms with Crippen LogP contribution in [0.2, 0.25) is 0 Å². The van der Waals surface area contributed by atoms with Gasteiger partial charge in [-0.1, -0.05) is 27.2 Å². The van der Waals surface area contributed by atoms with E-state index in [4.69, 9.17) is 23.0 Å². The van der Waals surface area contributed by atoms with Gasteiger partial charge >= 0.3 is 13.8 Å². The first-order chi connectivity index (χ1) is 18.8. The Bertz CT molecular complexity index is 1120. The lowest BCUT2D eigenvalue weighted by Crippen LogP contribution is -2.71. The van der Waals surface area contributed by atoms with Gasteiger partial charge in [0.15, 0.2) is 17.7 Å². The maximum absolute atomic E-state index is 17.6. The zero-order valence-electron chi connectivity index (χ0n) is 23.8. The van der Waals surface area contributed by atoms with Crippen molar-refractivity contribution in [3.8, 4) is 0 Å². The standard InChI is InChI=1S/C28H41F2O9P/c1-6-9-23-37-22-14-17-18-13-20(29)19-12-16(31)10-11-25(19,4)27(18,30)21(32)15-26(17,5)28(22,38-23)24(33)39-40(34,35-7-2)36-8-3/h12,17-18,20-23,32H,6-11,13-15H2,1-5H3/t17-,18-,20-,21-,22+,23+,25-,26-,27-,28-/m0/s1. The summed E-state index contributed by atoms with van der Waals surface area (Å²) in [7, 11) is -4.32. The Morgan fingerprint density at radius 3 is 2.48 bits per heavy atom. The second-order valence-corrected chi connectivity index (χ2v) is 13.9. The SMILES string of the molecule is CCC[C@@H]1O[C@@H]2C[C@H]3[C@@H]4C[C@H](F)C5=CC(=O)CC[C@]5(C)[C@@]4(F)[C@@H](O)C[C@]3(C)[C@]2(C(=O)OP(=O)(OCC)OCC)O1. The van der Waals surface area contributed by atoms with Crippen LogP contribution in [0.1, 0.15) is 79.6 Å². The summed E-state index contributed by atoms with van der Waals surface area (Å²) in [5.74, 6) is -2.91. The number of ketones is 1. The van der Waals surface area contributed by atoms with Crippen molar-refractivity contribution < 1.29 is 51.1 Å². The van der Waals surface area contributed by atoms with Crippen LogP contribution in [0, 0.1) is 22.7 Å². The minimum atomic E-state index is -4.32. The molecule has 1 heterocycles. The van der Waals surface area contributed by atoms with Gasteiger partial charge in [-0.25, -0.2) is 18.1 Å². The molecule has 226 valence electrons. The third kappa shape index (κ3) is 3.98. The number of fused-ring (bicyclic) bond motifs is 7. The zero-order valence-corrected chi connectivity index (χ0v) is 24.7. The number of aliphatic hydroxyl groups is 1. The van der Waals surface area contributed by atoms with Gasteiger partial charge in [0.25, 0.3) is 0 Å². The van der Waals surface area contributed by atoms with Gasteiger partial charge in [0.1, 0.15) is 17.9 Å². The summed E-state index contributed by atoms with van der Waals surface area (Å²) in [6.45, 7) is 8.32. The van der Waals surface area contributed by atoms with E-state index >= 15 is 8.78 Å². The van der Waals surface area contributed by atoms with Gasteiger partial charge in [-0.3, -0.25) is 13.8 Å². The molecule has 10 atom stereocenters. The van der Waals surface area contributed by atoms with Gasteiger partial charge in [0, 0.05) is 23.2 Å². The van der Waals surface area contributed by atoms with Gasteiger partial charge < -0.3 is 19.1 Å². The second kappa shape index (κ2) is 10.2. The van der Waals surface area contributed by atoms with Gasteiger partial charge in [-0.2, -0.15) is 0 Å². The first kappa shape index (κ1) is 30.2. The van der Waals surface area contributed by atoms with Crippen LogP contribution in [-0.4, -0.2) is 66.0 Å². The van der Waals surface area contributed by atoms with Crippen LogP contribution in [0.3, 0.4) is 0 Å². The Kier molecular flexibility index (Phi) is 7.71. The molecule has 0 bridgehead atoms. The first-order valence-electron chi connectivity index (χ1n) is 14.5. The predicted molar refractivity (Wildman–Crippen MR) is 138 cm³/mol. The van der Waals surface area contributed by atoms with Gasteiger partial charge in [0.2, 0.25) is 0 Å². The van der Waals surface area contributed by atoms with Gasteiger partial charge in [0.05, 0.1) is 19.3 Å². The number of alkyl halides is 2. The van der Waals surface area contributed by atoms with E-state index in [0.29, 0.717) is 12.8 Å². The highest BCUT2D eigenvalue weighted by Gasteiger charge is 2.81. The van der Waals surface area contributed by atoms with E-state index in [0.717, 1.165) is 0 Å². The Morgan fingerprint density at radius 1 is 1.18 bits per heavy atom. The summed E-state index contributed by atoms with van der Waals surface area (Å²) in [5.41, 5.74) is -6.65. The largest absolute Gasteiger partial charge is 0.532 e. The number of halogens is 2. The smallest absolute Gasteiger partial charge is 0.390 e. The summed E-state index contributed by atoms with van der Waals surface area (Å²) in [6.07, 6.45) is -2.65. The monoisotopic (exact) mass is 590 g/mol. The molecule has 5 aliphatic rings. The average Bonchev–Trinajstić information content (AvgIpc) is 3.35. The van der Waals surface area contributed by atoms with Crippen molar-refractivity contribution in [2.45, 2.75) is 116 Å². The van der Waals surface area contributed by atoms with Crippen LogP contribution >= 0.6 is 7.82 Å². The molecule has 1 aliphatic heterocycles. The van der Waals surface area contributed by atoms with E-state index in [9.17, 15) is 19.3 Å². The molecular formula is C28H41F2O9P. The minimum absolute atomic E-state index is 0.0450. The van der Waals surface area contributed by atoms with Crippen LogP contribution in [-0.2, 0) is 37.2 Å². The Labute approximate surface area is 233 Å². The topological polar surface area (TPSA) is 118 Å². The van der Waals surface area contributed by atoms with Crippen molar-refractivity contribution in [2.24, 2.45) is 22.7 Å². The Morgan fingerprint density at radius 2 is 1.85 bits per heavy atom. The number of rotatable bonds is 8. The van der Waals surface area contributed by atoms with Crippen molar-refractivity contribution in [1.29, 1.82) is 0 Å². The van der Waals surface area contributed by atoms with Crippen LogP contribution in [0.5, 0.6) is 0 Å². The maximum Gasteiger partial charge on any atom is 0.532 e. The van der Waals surface area contributed by atoms with Crippen LogP contribution in [0.15, 0.2) is 11.6 Å². The fourth-order valence-corrected chi connectivity index (χ4v) is 9.82. The number of hydrogen-bond donors (Lipinski definition) is 1. The molecule has 4 fully saturated rings. The summed E-state index contributed by atoms with van der Waals surface area (Å²) < 4.78 is 75.1. The molecule has 4 aliphatic carbocycles. The molecule has 5 rings (SSSR count). The van der Waals surface area contributed by atoms with E-state index < -0.39 is 72.4 Å². The summed E-state index contributed by atoms with van der Waals surface area (Å²) in [5, 5.41) is 11.7. The predicted octanol–water partition coefficient (Wildman–Crippen LogP) is 5.14. The third-order valence-corrected chi connectivity index (χ3v) is 12.0. The van der Waals surface area contributed by atoms with Crippen molar-refractivity contribution >= 4 is 19.6 Å². The molecule has 12 heteroatoms. The number of carbonyl (C=O) groups is 2. The second-order valence-electron chi connectivity index (χ2n) is 12.3. The molecule has 3 saturated carbocycles. The number of allylic oxidation sites excluding steroid dienone is 1. The lowest BCUT2D eigenvalue weighted by atomic mass is 9.43. The van der Waals surface area contributed by atoms with Crippen LogP contribution in [0.4, 0.5) is 8.78 Å². The van der Waals surface area contributed by atoms with E-state index in [1.165, 1.54) is 6.08 Å². The molecule has 0 unspecified atom stereocenters. The highest BCUT2D eigenvalue weighted by molar-refractivity contribution is 7.49. The fraction of sp³-hybridized carbons (Fsp3) is 0.857. The van der Waals surface area contributed by atoms with Gasteiger partial charge in [-0.15, -0.1) is 0 Å². The lowest BCUT2D eigenvalue weighted by Gasteiger charge is -2.63. The normalized spacial score (nSPS) is 46.2. The number of carbonyl (C=O) groups excluding carboxylic acids is 2. The molecule has 0 radical (unpaired) electrons. The summed E-state index contributed by atoms with van der Waals surface area (Å²) in [4.78, 5) is 26.3. The molecule has 1 N–H and O–H groups in total. The van der Waals surface area contributed by atoms with E-state index in [1.807, 2.05) is 6.92 Å². The Hall–Kier alpha value is -1.23. The molecule has 0 aromatic heterocycles. The van der Waals surface area contributed by atoms with E-state index in [-0.39, 0.29) is 56.7 Å². The van der Waals surface area contributed by atoms with Crippen LogP contribution in [0.25, 0.3) is 0 Å². The fourth-order valence-electron chi connectivity index (χ4n) is 8.67. The molecule has 1 saturated heterocycles. The first-order valence-corrected chi connectivity index (χ1v) is 15.9. The van der Waals surface area contributed by atoms with Gasteiger partial charge in [-0.05, 0) is 63.5 Å². The summed E-state index contributed by atoms with van der Waals surface area (Å²) >= 11 is 0. The maximum atomic E-state index is 17.6. The highest BCUT2D eigenvalue weighted by atomic mass is 31.2. The minimum Gasteiger partial charge on any atom is -0.390 e. The molecule has 0 aromatic carbocycles. The number of hydrogen-bond acceptors (Lipinski definition) is 9. The molecule has 0 amide bonds. The molecule has 0 spiro atoms. The Balaban J connectivity index is 1.59.